The molecule has 0 aliphatic heterocycles. The summed E-state index contributed by atoms with van der Waals surface area (Å²) in [6.45, 7) is 3.49. The van der Waals surface area contributed by atoms with Gasteiger partial charge in [-0.1, -0.05) is 19.9 Å². The summed E-state index contributed by atoms with van der Waals surface area (Å²) in [7, 11) is 0. The zero-order valence-corrected chi connectivity index (χ0v) is 11.3. The van der Waals surface area contributed by atoms with Gasteiger partial charge in [0.2, 0.25) is 0 Å². The summed E-state index contributed by atoms with van der Waals surface area (Å²) < 4.78 is 26.5. The van der Waals surface area contributed by atoms with Crippen LogP contribution in [0.1, 0.15) is 32.3 Å². The monoisotopic (exact) mass is 282 g/mol. The first-order valence-electron chi connectivity index (χ1n) is 6.46. The van der Waals surface area contributed by atoms with Crippen molar-refractivity contribution in [1.29, 1.82) is 0 Å². The summed E-state index contributed by atoms with van der Waals surface area (Å²) >= 11 is 0. The Balaban J connectivity index is 2.54. The number of carbonyl (C=O) groups is 2. The summed E-state index contributed by atoms with van der Waals surface area (Å²) in [6.07, 6.45) is 0.650. The molecule has 1 aromatic carbocycles. The second-order valence-corrected chi connectivity index (χ2v) is 5.80. The third kappa shape index (κ3) is 2.32. The molecule has 2 rings (SSSR count). The van der Waals surface area contributed by atoms with Crippen LogP contribution >= 0.6 is 0 Å². The lowest BCUT2D eigenvalue weighted by atomic mass is 9.60. The molecular formula is C15H16F2O3. The minimum Gasteiger partial charge on any atom is -0.481 e. The van der Waals surface area contributed by atoms with Crippen molar-refractivity contribution in [3.63, 3.8) is 0 Å². The molecule has 108 valence electrons. The third-order valence-corrected chi connectivity index (χ3v) is 4.11. The Morgan fingerprint density at radius 3 is 2.55 bits per heavy atom. The fourth-order valence-corrected chi connectivity index (χ4v) is 3.28. The number of hydrogen-bond acceptors (Lipinski definition) is 2. The van der Waals surface area contributed by atoms with E-state index >= 15 is 0 Å². The first kappa shape index (κ1) is 14.6. The lowest BCUT2D eigenvalue weighted by Crippen LogP contribution is -2.47. The van der Waals surface area contributed by atoms with E-state index < -0.39 is 28.9 Å². The Kier molecular flexibility index (Phi) is 3.63. The highest BCUT2D eigenvalue weighted by molar-refractivity contribution is 6.00. The van der Waals surface area contributed by atoms with Gasteiger partial charge in [-0.25, -0.2) is 8.78 Å². The summed E-state index contributed by atoms with van der Waals surface area (Å²) in [5.41, 5.74) is -0.668. The molecule has 0 heterocycles. The van der Waals surface area contributed by atoms with Gasteiger partial charge >= 0.3 is 5.97 Å². The van der Waals surface area contributed by atoms with Gasteiger partial charge in [0.15, 0.2) is 11.6 Å². The van der Waals surface area contributed by atoms with Gasteiger partial charge in [-0.3, -0.25) is 9.59 Å². The van der Waals surface area contributed by atoms with Gasteiger partial charge in [0, 0.05) is 11.8 Å². The van der Waals surface area contributed by atoms with Crippen molar-refractivity contribution < 1.29 is 23.5 Å². The molecule has 1 aromatic rings. The van der Waals surface area contributed by atoms with Crippen molar-refractivity contribution in [2.24, 2.45) is 11.8 Å². The third-order valence-electron chi connectivity index (χ3n) is 4.11. The van der Waals surface area contributed by atoms with Gasteiger partial charge in [0.25, 0.3) is 0 Å². The molecule has 0 bridgehead atoms. The van der Waals surface area contributed by atoms with Crippen molar-refractivity contribution in [3.8, 4) is 0 Å². The van der Waals surface area contributed by atoms with Crippen molar-refractivity contribution in [2.45, 2.75) is 32.1 Å². The Morgan fingerprint density at radius 1 is 1.35 bits per heavy atom. The second-order valence-electron chi connectivity index (χ2n) is 5.80. The fraction of sp³-hybridized carbons (Fsp3) is 0.467. The second kappa shape index (κ2) is 4.96. The number of carboxylic acids is 1. The summed E-state index contributed by atoms with van der Waals surface area (Å²) in [5, 5.41) is 9.33. The molecule has 0 aromatic heterocycles. The number of aliphatic carboxylic acids is 1. The summed E-state index contributed by atoms with van der Waals surface area (Å²) in [5.74, 6) is -4.80. The highest BCUT2D eigenvalue weighted by Gasteiger charge is 2.49. The van der Waals surface area contributed by atoms with E-state index in [0.717, 1.165) is 12.1 Å². The predicted octanol–water partition coefficient (Wildman–Crippen LogP) is 2.92. The van der Waals surface area contributed by atoms with Crippen LogP contribution in [-0.2, 0) is 15.0 Å². The van der Waals surface area contributed by atoms with Crippen LogP contribution in [0.15, 0.2) is 18.2 Å². The topological polar surface area (TPSA) is 54.4 Å². The molecule has 1 aliphatic carbocycles. The van der Waals surface area contributed by atoms with Crippen molar-refractivity contribution in [1.82, 2.24) is 0 Å². The van der Waals surface area contributed by atoms with E-state index in [0.29, 0.717) is 12.0 Å². The fourth-order valence-electron chi connectivity index (χ4n) is 3.28. The van der Waals surface area contributed by atoms with E-state index in [2.05, 4.69) is 0 Å². The molecule has 0 spiro atoms. The van der Waals surface area contributed by atoms with Crippen LogP contribution < -0.4 is 0 Å². The average Bonchev–Trinajstić information content (AvgIpc) is 2.30. The molecule has 0 radical (unpaired) electrons. The smallest absolute Gasteiger partial charge is 0.314 e. The van der Waals surface area contributed by atoms with E-state index in [-0.39, 0.29) is 18.1 Å². The number of ketones is 1. The van der Waals surface area contributed by atoms with Gasteiger partial charge < -0.3 is 5.11 Å². The number of halogens is 2. The highest BCUT2D eigenvalue weighted by Crippen LogP contribution is 2.44. The summed E-state index contributed by atoms with van der Waals surface area (Å²) in [6, 6.07) is 3.33. The van der Waals surface area contributed by atoms with Gasteiger partial charge in [0.1, 0.15) is 11.7 Å². The number of rotatable bonds is 2. The number of carbonyl (C=O) groups excluding carboxylic acids is 1. The van der Waals surface area contributed by atoms with Crippen molar-refractivity contribution in [3.05, 3.63) is 35.4 Å². The normalized spacial score (nSPS) is 30.3. The maximum atomic E-state index is 13.4. The maximum absolute atomic E-state index is 13.4. The molecule has 1 N–H and O–H groups in total. The zero-order valence-electron chi connectivity index (χ0n) is 11.3. The first-order valence-corrected chi connectivity index (χ1v) is 6.46. The molecule has 5 heteroatoms. The SMILES string of the molecule is CC1CC(=O)C(C(=O)O)C(C)(c2ccc(F)c(F)c2)C1. The van der Waals surface area contributed by atoms with Crippen LogP contribution in [0, 0.1) is 23.5 Å². The molecule has 3 atom stereocenters. The predicted molar refractivity (Wildman–Crippen MR) is 68.2 cm³/mol. The van der Waals surface area contributed by atoms with Crippen LogP contribution in [-0.4, -0.2) is 16.9 Å². The Bertz CT molecular complexity index is 570. The number of Topliss-reactive ketones (excluding diaryl/α,β-unsaturated/α-hetero) is 1. The number of benzene rings is 1. The molecule has 0 saturated heterocycles. The zero-order chi connectivity index (χ0) is 15.1. The minimum absolute atomic E-state index is 0.0104. The maximum Gasteiger partial charge on any atom is 0.314 e. The molecule has 0 amide bonds. The van der Waals surface area contributed by atoms with E-state index in [1.165, 1.54) is 6.07 Å². The largest absolute Gasteiger partial charge is 0.481 e. The van der Waals surface area contributed by atoms with Crippen LogP contribution in [0.5, 0.6) is 0 Å². The lowest BCUT2D eigenvalue weighted by molar-refractivity contribution is -0.152. The average molecular weight is 282 g/mol. The number of carboxylic acid groups (broad SMARTS) is 1. The minimum atomic E-state index is -1.22. The van der Waals surface area contributed by atoms with Gasteiger partial charge in [-0.05, 0) is 30.0 Å². The Hall–Kier alpha value is -1.78. The summed E-state index contributed by atoms with van der Waals surface area (Å²) in [4.78, 5) is 23.5. The van der Waals surface area contributed by atoms with E-state index in [1.54, 1.807) is 6.92 Å². The highest BCUT2D eigenvalue weighted by atomic mass is 19.2. The number of hydrogen-bond donors (Lipinski definition) is 1. The van der Waals surface area contributed by atoms with Crippen LogP contribution in [0.2, 0.25) is 0 Å². The molecule has 1 fully saturated rings. The van der Waals surface area contributed by atoms with Crippen LogP contribution in [0.4, 0.5) is 8.78 Å². The molecular weight excluding hydrogens is 266 g/mol. The van der Waals surface area contributed by atoms with Crippen LogP contribution in [0.3, 0.4) is 0 Å². The van der Waals surface area contributed by atoms with E-state index in [1.807, 2.05) is 6.92 Å². The molecule has 3 nitrogen and oxygen atoms in total. The lowest BCUT2D eigenvalue weighted by Gasteiger charge is -2.41. The molecule has 1 aliphatic rings. The van der Waals surface area contributed by atoms with Gasteiger partial charge in [-0.2, -0.15) is 0 Å². The standard InChI is InChI=1S/C15H16F2O3/c1-8-5-12(18)13(14(19)20)15(2,7-8)9-3-4-10(16)11(17)6-9/h3-4,6,8,13H,5,7H2,1-2H3,(H,19,20). The van der Waals surface area contributed by atoms with Crippen molar-refractivity contribution in [2.75, 3.05) is 0 Å². The van der Waals surface area contributed by atoms with E-state index in [4.69, 9.17) is 0 Å². The Labute approximate surface area is 115 Å². The molecule has 3 unspecified atom stereocenters. The van der Waals surface area contributed by atoms with E-state index in [9.17, 15) is 23.5 Å². The quantitative estimate of drug-likeness (QED) is 0.848. The molecule has 20 heavy (non-hydrogen) atoms. The Morgan fingerprint density at radius 2 is 2.00 bits per heavy atom. The molecule has 1 saturated carbocycles. The first-order chi connectivity index (χ1) is 9.25. The van der Waals surface area contributed by atoms with Crippen LogP contribution in [0.25, 0.3) is 0 Å². The van der Waals surface area contributed by atoms with Gasteiger partial charge in [0.05, 0.1) is 0 Å². The van der Waals surface area contributed by atoms with Crippen molar-refractivity contribution >= 4 is 11.8 Å². The van der Waals surface area contributed by atoms with Gasteiger partial charge in [-0.15, -0.1) is 0 Å².